The van der Waals surface area contributed by atoms with Crippen LogP contribution in [-0.4, -0.2) is 17.8 Å². The van der Waals surface area contributed by atoms with E-state index in [1.165, 1.54) is 78.3 Å². The second-order valence-corrected chi connectivity index (χ2v) is 17.6. The van der Waals surface area contributed by atoms with Crippen LogP contribution in [0.4, 0.5) is 17.1 Å². The maximum Gasteiger partial charge on any atom is 0.294 e. The number of rotatable bonds is 7. The Kier molecular flexibility index (Phi) is 7.78. The van der Waals surface area contributed by atoms with Crippen molar-refractivity contribution in [3.8, 4) is 17.1 Å². The van der Waals surface area contributed by atoms with Crippen molar-refractivity contribution in [1.29, 1.82) is 0 Å². The summed E-state index contributed by atoms with van der Waals surface area (Å²) in [6, 6.07) is 34.2. The topological polar surface area (TPSA) is 28.4 Å². The van der Waals surface area contributed by atoms with Crippen LogP contribution in [0.1, 0.15) is 112 Å². The van der Waals surface area contributed by atoms with Crippen molar-refractivity contribution in [3.05, 3.63) is 149 Å². The number of anilines is 3. The maximum atomic E-state index is 6.72. The number of aryl methyl sites for hydroxylation is 1. The van der Waals surface area contributed by atoms with Gasteiger partial charge in [-0.1, -0.05) is 115 Å². The molecule has 0 N–H and O–H groups in total. The molecule has 5 nitrogen and oxygen atoms in total. The third-order valence-corrected chi connectivity index (χ3v) is 13.6. The summed E-state index contributed by atoms with van der Waals surface area (Å²) in [4.78, 5) is 5.08. The molecule has 5 heteroatoms. The molecule has 0 amide bonds. The van der Waals surface area contributed by atoms with E-state index in [0.717, 1.165) is 24.0 Å². The lowest BCUT2D eigenvalue weighted by molar-refractivity contribution is -0.706. The summed E-state index contributed by atoms with van der Waals surface area (Å²) in [6.07, 6.45) is 8.82. The molecule has 282 valence electrons. The average Bonchev–Trinajstić information content (AvgIpc) is 3.88. The summed E-state index contributed by atoms with van der Waals surface area (Å²) in [5.74, 6) is 2.28. The fourth-order valence-electron chi connectivity index (χ4n) is 10.7. The van der Waals surface area contributed by atoms with E-state index in [1.807, 2.05) is 0 Å². The molecular weight excluding hydrogens is 685 g/mol. The number of hydrogen-bond donors (Lipinski definition) is 0. The highest BCUT2D eigenvalue weighted by molar-refractivity contribution is 6.16. The summed E-state index contributed by atoms with van der Waals surface area (Å²) in [6.45, 7) is 20.9. The number of benzene rings is 5. The van der Waals surface area contributed by atoms with Gasteiger partial charge in [0.2, 0.25) is 0 Å². The first-order valence-electron chi connectivity index (χ1n) is 20.6. The van der Waals surface area contributed by atoms with Gasteiger partial charge in [0.15, 0.2) is 0 Å². The van der Waals surface area contributed by atoms with Crippen LogP contribution in [0.5, 0.6) is 0 Å². The van der Waals surface area contributed by atoms with Crippen molar-refractivity contribution in [1.82, 2.24) is 4.57 Å². The normalized spacial score (nSPS) is 19.1. The van der Waals surface area contributed by atoms with E-state index in [0.29, 0.717) is 11.8 Å². The highest BCUT2D eigenvalue weighted by Gasteiger charge is 2.44. The molecule has 5 aromatic carbocycles. The average molecular weight is 738 g/mol. The summed E-state index contributed by atoms with van der Waals surface area (Å²) in [5, 5.41) is 2.49. The van der Waals surface area contributed by atoms with E-state index in [-0.39, 0.29) is 23.5 Å². The molecule has 3 aliphatic rings. The van der Waals surface area contributed by atoms with Crippen LogP contribution in [0, 0.1) is 0 Å². The molecule has 7 aromatic rings. The Balaban J connectivity index is 1.14. The molecule has 2 aromatic heterocycles. The van der Waals surface area contributed by atoms with Gasteiger partial charge in [0.05, 0.1) is 28.0 Å². The van der Waals surface area contributed by atoms with Crippen LogP contribution in [-0.2, 0) is 11.8 Å². The highest BCUT2D eigenvalue weighted by Crippen LogP contribution is 2.57. The van der Waals surface area contributed by atoms with Gasteiger partial charge >= 0.3 is 0 Å². The van der Waals surface area contributed by atoms with Gasteiger partial charge in [0, 0.05) is 34.9 Å². The molecule has 3 aliphatic heterocycles. The quantitative estimate of drug-likeness (QED) is 0.120. The van der Waals surface area contributed by atoms with E-state index in [4.69, 9.17) is 4.42 Å². The molecule has 3 atom stereocenters. The van der Waals surface area contributed by atoms with Crippen molar-refractivity contribution in [2.75, 3.05) is 16.8 Å². The summed E-state index contributed by atoms with van der Waals surface area (Å²) in [7, 11) is 2.24. The Bertz CT molecular complexity index is 2700. The number of hydrogen-bond acceptors (Lipinski definition) is 3. The van der Waals surface area contributed by atoms with Crippen LogP contribution in [0.3, 0.4) is 0 Å². The highest BCUT2D eigenvalue weighted by atomic mass is 16.3. The zero-order chi connectivity index (χ0) is 38.8. The van der Waals surface area contributed by atoms with E-state index < -0.39 is 0 Å². The fraction of sp³-hybridized carbons (Fsp3) is 0.314. The monoisotopic (exact) mass is 737 g/mol. The lowest BCUT2D eigenvalue weighted by atomic mass is 9.74. The van der Waals surface area contributed by atoms with Gasteiger partial charge in [-0.2, -0.15) is 4.57 Å². The lowest BCUT2D eigenvalue weighted by Gasteiger charge is -2.37. The fourth-order valence-corrected chi connectivity index (χ4v) is 10.7. The van der Waals surface area contributed by atoms with Crippen molar-refractivity contribution >= 4 is 39.0 Å². The number of furan rings is 1. The van der Waals surface area contributed by atoms with Crippen LogP contribution < -0.4 is 14.4 Å². The molecule has 5 heterocycles. The zero-order valence-corrected chi connectivity index (χ0v) is 34.1. The molecule has 0 aliphatic carbocycles. The Labute approximate surface area is 331 Å². The van der Waals surface area contributed by atoms with Gasteiger partial charge in [-0.15, -0.1) is 0 Å². The predicted octanol–water partition coefficient (Wildman–Crippen LogP) is 12.6. The van der Waals surface area contributed by atoms with Crippen molar-refractivity contribution in [2.24, 2.45) is 0 Å². The number of para-hydroxylation sites is 2. The Morgan fingerprint density at radius 2 is 1.48 bits per heavy atom. The van der Waals surface area contributed by atoms with E-state index in [9.17, 15) is 0 Å². The van der Waals surface area contributed by atoms with E-state index in [1.54, 1.807) is 0 Å². The predicted molar refractivity (Wildman–Crippen MR) is 232 cm³/mol. The lowest BCUT2D eigenvalue weighted by Crippen LogP contribution is -2.45. The molecule has 56 heavy (non-hydrogen) atoms. The number of aromatic nitrogens is 2. The molecule has 0 saturated heterocycles. The third-order valence-electron chi connectivity index (χ3n) is 13.6. The Morgan fingerprint density at radius 3 is 2.23 bits per heavy atom. The Morgan fingerprint density at radius 1 is 0.786 bits per heavy atom. The minimum absolute atomic E-state index is 0.104. The third kappa shape index (κ3) is 4.69. The van der Waals surface area contributed by atoms with Crippen LogP contribution in [0.2, 0.25) is 0 Å². The molecule has 0 saturated carbocycles. The van der Waals surface area contributed by atoms with Gasteiger partial charge in [-0.25, -0.2) is 4.57 Å². The maximum absolute atomic E-state index is 6.72. The summed E-state index contributed by atoms with van der Waals surface area (Å²) in [5.41, 5.74) is 16.4. The van der Waals surface area contributed by atoms with Gasteiger partial charge in [0.1, 0.15) is 41.5 Å². The van der Waals surface area contributed by atoms with Gasteiger partial charge in [-0.3, -0.25) is 0 Å². The van der Waals surface area contributed by atoms with Crippen LogP contribution in [0.15, 0.2) is 120 Å². The number of allylic oxidation sites excluding steroid dienone is 1. The molecule has 0 bridgehead atoms. The number of imidazole rings is 1. The molecule has 3 unspecified atom stereocenters. The van der Waals surface area contributed by atoms with Crippen LogP contribution >= 0.6 is 0 Å². The number of fused-ring (bicyclic) bond motifs is 4. The SMILES string of the molecule is C=CC1C(CCc2ccc3oc4cccc5c4c3c2N2c3c(cccc3C5(C)C)N(C)C2C)c2ccccc2-c2n(-c3c(C(C)C)cccc3C(C)C)cc[n+]21. The molecular formula is C51H53N4O+. The Hall–Kier alpha value is -5.55. The first-order valence-corrected chi connectivity index (χ1v) is 20.6. The van der Waals surface area contributed by atoms with Crippen molar-refractivity contribution < 1.29 is 8.98 Å². The zero-order valence-electron chi connectivity index (χ0n) is 34.1. The summed E-state index contributed by atoms with van der Waals surface area (Å²) < 4.78 is 11.7. The van der Waals surface area contributed by atoms with Crippen molar-refractivity contribution in [2.45, 2.75) is 96.7 Å². The van der Waals surface area contributed by atoms with Gasteiger partial charge < -0.3 is 14.2 Å². The van der Waals surface area contributed by atoms with Gasteiger partial charge in [0.25, 0.3) is 5.82 Å². The molecule has 0 radical (unpaired) electrons. The second kappa shape index (κ2) is 12.5. The second-order valence-electron chi connectivity index (χ2n) is 17.6. The first-order chi connectivity index (χ1) is 27.0. The minimum Gasteiger partial charge on any atom is -0.456 e. The molecule has 0 fully saturated rings. The number of nitrogens with zero attached hydrogens (tertiary/aromatic N) is 4. The molecule has 0 spiro atoms. The van der Waals surface area contributed by atoms with Gasteiger partial charge in [-0.05, 0) is 84.2 Å². The molecule has 10 rings (SSSR count). The van der Waals surface area contributed by atoms with Crippen molar-refractivity contribution in [3.63, 3.8) is 0 Å². The minimum atomic E-state index is -0.224. The standard InChI is InChI=1S/C51H53N4O/c1-10-41-37(36-16-11-12-17-38(36)50-53(41)28-29-54(50)48-34(30(2)3)18-13-19-35(48)31(4)5)26-24-33-25-27-44-46-45-39(20-15-23-43(45)56-44)51(7,8)40-21-14-22-42-49(40)55(47(33)46)32(6)52(42)9/h10-23,25,27-32,37,41H,1,24,26H2,2-9H3/q+1. The summed E-state index contributed by atoms with van der Waals surface area (Å²) >= 11 is 0. The van der Waals surface area contributed by atoms with E-state index in [2.05, 4.69) is 190 Å². The first kappa shape index (κ1) is 34.9. The van der Waals surface area contributed by atoms with Crippen LogP contribution in [0.25, 0.3) is 39.0 Å². The largest absolute Gasteiger partial charge is 0.456 e. The van der Waals surface area contributed by atoms with E-state index >= 15 is 0 Å². The smallest absolute Gasteiger partial charge is 0.294 e.